The molecule has 5 nitrogen and oxygen atoms in total. The van der Waals surface area contributed by atoms with Crippen molar-refractivity contribution in [2.45, 2.75) is 33.7 Å². The molecule has 1 amide bonds. The summed E-state index contributed by atoms with van der Waals surface area (Å²) in [6.07, 6.45) is 2.58. The van der Waals surface area contributed by atoms with Gasteiger partial charge >= 0.3 is 0 Å². The van der Waals surface area contributed by atoms with Crippen LogP contribution in [-0.4, -0.2) is 20.7 Å². The van der Waals surface area contributed by atoms with Gasteiger partial charge in [-0.1, -0.05) is 6.92 Å². The zero-order valence-corrected chi connectivity index (χ0v) is 11.5. The Morgan fingerprint density at radius 2 is 2.28 bits per heavy atom. The second-order valence-corrected chi connectivity index (χ2v) is 5.26. The Kier molecular flexibility index (Phi) is 3.76. The van der Waals surface area contributed by atoms with Crippen LogP contribution in [0.2, 0.25) is 0 Å². The fourth-order valence-corrected chi connectivity index (χ4v) is 2.41. The fourth-order valence-electron chi connectivity index (χ4n) is 1.60. The van der Waals surface area contributed by atoms with Gasteiger partial charge in [0.15, 0.2) is 5.13 Å². The number of nitrogens with zero attached hydrogens (tertiary/aromatic N) is 3. The molecule has 2 heterocycles. The number of hydrogen-bond acceptors (Lipinski definition) is 4. The Balaban J connectivity index is 2.14. The quantitative estimate of drug-likeness (QED) is 0.923. The van der Waals surface area contributed by atoms with Gasteiger partial charge in [-0.05, 0) is 26.3 Å². The van der Waals surface area contributed by atoms with Gasteiger partial charge in [0.25, 0.3) is 5.91 Å². The molecule has 18 heavy (non-hydrogen) atoms. The smallest absolute Gasteiger partial charge is 0.275 e. The third-order valence-corrected chi connectivity index (χ3v) is 3.62. The molecule has 0 fully saturated rings. The topological polar surface area (TPSA) is 59.8 Å². The van der Waals surface area contributed by atoms with Crippen molar-refractivity contribution in [1.82, 2.24) is 14.8 Å². The molecule has 2 aromatic rings. The summed E-state index contributed by atoms with van der Waals surface area (Å²) in [6, 6.07) is 1.72. The Hall–Kier alpha value is -1.69. The van der Waals surface area contributed by atoms with Crippen molar-refractivity contribution in [1.29, 1.82) is 0 Å². The van der Waals surface area contributed by atoms with E-state index in [2.05, 4.69) is 22.3 Å². The first kappa shape index (κ1) is 12.8. The Bertz CT molecular complexity index is 539. The van der Waals surface area contributed by atoms with Gasteiger partial charge < -0.3 is 0 Å². The summed E-state index contributed by atoms with van der Waals surface area (Å²) in [7, 11) is 0. The van der Waals surface area contributed by atoms with Crippen LogP contribution in [0.25, 0.3) is 0 Å². The van der Waals surface area contributed by atoms with Gasteiger partial charge in [-0.25, -0.2) is 4.98 Å². The van der Waals surface area contributed by atoms with E-state index in [0.717, 1.165) is 23.5 Å². The van der Waals surface area contributed by atoms with Gasteiger partial charge in [0.1, 0.15) is 5.69 Å². The number of carbonyl (C=O) groups excluding carboxylic acids is 1. The SMILES string of the molecule is CCCn1nccc1C(=O)Nc1nc(C)c(C)s1. The van der Waals surface area contributed by atoms with Crippen LogP contribution in [0, 0.1) is 13.8 Å². The third kappa shape index (κ3) is 2.59. The lowest BCUT2D eigenvalue weighted by Gasteiger charge is -2.05. The molecule has 0 atom stereocenters. The number of aryl methyl sites for hydroxylation is 3. The van der Waals surface area contributed by atoms with E-state index in [1.54, 1.807) is 16.9 Å². The maximum Gasteiger partial charge on any atom is 0.275 e. The number of thiazole rings is 1. The van der Waals surface area contributed by atoms with Gasteiger partial charge in [-0.2, -0.15) is 5.10 Å². The molecule has 2 aromatic heterocycles. The van der Waals surface area contributed by atoms with Gasteiger partial charge in [0.05, 0.1) is 5.69 Å². The lowest BCUT2D eigenvalue weighted by molar-refractivity contribution is 0.101. The summed E-state index contributed by atoms with van der Waals surface area (Å²) in [5.41, 5.74) is 1.53. The van der Waals surface area contributed by atoms with Crippen LogP contribution >= 0.6 is 11.3 Å². The van der Waals surface area contributed by atoms with Crippen LogP contribution in [0.1, 0.15) is 34.4 Å². The van der Waals surface area contributed by atoms with E-state index >= 15 is 0 Å². The molecular weight excluding hydrogens is 248 g/mol. The number of rotatable bonds is 4. The second-order valence-electron chi connectivity index (χ2n) is 4.05. The Morgan fingerprint density at radius 3 is 2.89 bits per heavy atom. The number of carbonyl (C=O) groups is 1. The summed E-state index contributed by atoms with van der Waals surface area (Å²) in [5.74, 6) is -0.158. The molecule has 0 aliphatic rings. The van der Waals surface area contributed by atoms with Crippen molar-refractivity contribution in [3.63, 3.8) is 0 Å². The van der Waals surface area contributed by atoms with Crippen molar-refractivity contribution in [2.75, 3.05) is 5.32 Å². The van der Waals surface area contributed by atoms with E-state index in [1.165, 1.54) is 11.3 Å². The molecule has 0 radical (unpaired) electrons. The predicted octanol–water partition coefficient (Wildman–Crippen LogP) is 2.62. The van der Waals surface area contributed by atoms with E-state index in [1.807, 2.05) is 13.8 Å². The predicted molar refractivity (Wildman–Crippen MR) is 72.1 cm³/mol. The van der Waals surface area contributed by atoms with Crippen LogP contribution in [0.5, 0.6) is 0 Å². The fraction of sp³-hybridized carbons (Fsp3) is 0.417. The largest absolute Gasteiger partial charge is 0.296 e. The minimum atomic E-state index is -0.158. The van der Waals surface area contributed by atoms with Crippen molar-refractivity contribution < 1.29 is 4.79 Å². The molecular formula is C12H16N4OS. The summed E-state index contributed by atoms with van der Waals surface area (Å²) < 4.78 is 1.71. The summed E-state index contributed by atoms with van der Waals surface area (Å²) >= 11 is 1.49. The highest BCUT2D eigenvalue weighted by Crippen LogP contribution is 2.21. The zero-order chi connectivity index (χ0) is 13.1. The van der Waals surface area contributed by atoms with Gasteiger partial charge in [0, 0.05) is 17.6 Å². The van der Waals surface area contributed by atoms with E-state index < -0.39 is 0 Å². The second kappa shape index (κ2) is 5.30. The van der Waals surface area contributed by atoms with Crippen LogP contribution < -0.4 is 5.32 Å². The van der Waals surface area contributed by atoms with Crippen LogP contribution in [0.3, 0.4) is 0 Å². The molecule has 6 heteroatoms. The lowest BCUT2D eigenvalue weighted by atomic mass is 10.4. The molecule has 0 bridgehead atoms. The molecule has 96 valence electrons. The van der Waals surface area contributed by atoms with E-state index in [0.29, 0.717) is 10.8 Å². The van der Waals surface area contributed by atoms with Crippen LogP contribution in [-0.2, 0) is 6.54 Å². The molecule has 0 saturated carbocycles. The van der Waals surface area contributed by atoms with Crippen molar-refractivity contribution in [2.24, 2.45) is 0 Å². The van der Waals surface area contributed by atoms with Gasteiger partial charge in [-0.3, -0.25) is 14.8 Å². The van der Waals surface area contributed by atoms with Crippen LogP contribution in [0.4, 0.5) is 5.13 Å². The number of aromatic nitrogens is 3. The summed E-state index contributed by atoms with van der Waals surface area (Å²) in [5, 5.41) is 7.58. The highest BCUT2D eigenvalue weighted by atomic mass is 32.1. The van der Waals surface area contributed by atoms with E-state index in [4.69, 9.17) is 0 Å². The average molecular weight is 264 g/mol. The minimum Gasteiger partial charge on any atom is -0.296 e. The van der Waals surface area contributed by atoms with E-state index in [9.17, 15) is 4.79 Å². The Morgan fingerprint density at radius 1 is 1.50 bits per heavy atom. The van der Waals surface area contributed by atoms with Crippen molar-refractivity contribution in [3.8, 4) is 0 Å². The molecule has 0 spiro atoms. The molecule has 2 rings (SSSR count). The first-order chi connectivity index (χ1) is 8.61. The molecule has 1 N–H and O–H groups in total. The average Bonchev–Trinajstić information content (AvgIpc) is 2.88. The van der Waals surface area contributed by atoms with Crippen molar-refractivity contribution >= 4 is 22.4 Å². The summed E-state index contributed by atoms with van der Waals surface area (Å²) in [6.45, 7) is 6.72. The highest BCUT2D eigenvalue weighted by Gasteiger charge is 2.14. The minimum absolute atomic E-state index is 0.158. The molecule has 0 saturated heterocycles. The molecule has 0 unspecified atom stereocenters. The van der Waals surface area contributed by atoms with E-state index in [-0.39, 0.29) is 5.91 Å². The normalized spacial score (nSPS) is 10.6. The lowest BCUT2D eigenvalue weighted by Crippen LogP contribution is -2.17. The van der Waals surface area contributed by atoms with Gasteiger partial charge in [0.2, 0.25) is 0 Å². The number of nitrogens with one attached hydrogen (secondary N) is 1. The monoisotopic (exact) mass is 264 g/mol. The third-order valence-electron chi connectivity index (χ3n) is 2.63. The van der Waals surface area contributed by atoms with Crippen molar-refractivity contribution in [3.05, 3.63) is 28.5 Å². The first-order valence-corrected chi connectivity index (χ1v) is 6.70. The maximum atomic E-state index is 12.1. The molecule has 0 aliphatic carbocycles. The number of anilines is 1. The highest BCUT2D eigenvalue weighted by molar-refractivity contribution is 7.15. The molecule has 0 aromatic carbocycles. The number of hydrogen-bond donors (Lipinski definition) is 1. The van der Waals surface area contributed by atoms with Crippen LogP contribution in [0.15, 0.2) is 12.3 Å². The first-order valence-electron chi connectivity index (χ1n) is 5.89. The zero-order valence-electron chi connectivity index (χ0n) is 10.7. The summed E-state index contributed by atoms with van der Waals surface area (Å²) in [4.78, 5) is 17.5. The standard InChI is InChI=1S/C12H16N4OS/c1-4-7-16-10(5-6-13-16)11(17)15-12-14-8(2)9(3)18-12/h5-6H,4,7H2,1-3H3,(H,14,15,17). The van der Waals surface area contributed by atoms with Gasteiger partial charge in [-0.15, -0.1) is 11.3 Å². The Labute approximate surface area is 110 Å². The number of amides is 1. The maximum absolute atomic E-state index is 12.1. The molecule has 0 aliphatic heterocycles.